The highest BCUT2D eigenvalue weighted by molar-refractivity contribution is 6.53. The first-order valence-electron chi connectivity index (χ1n) is 13.3. The molecule has 2 heterocycles. The van der Waals surface area contributed by atoms with E-state index in [1.807, 2.05) is 6.08 Å². The number of aromatic hydroxyl groups is 1. The number of rotatable bonds is 8. The maximum atomic E-state index is 13.8. The fraction of sp³-hybridized carbons (Fsp3) is 0.536. The van der Waals surface area contributed by atoms with Crippen molar-refractivity contribution >= 4 is 64.4 Å². The summed E-state index contributed by atoms with van der Waals surface area (Å²) in [6.45, 7) is 0.159. The Bertz CT molecular complexity index is 1400. The molecule has 0 spiro atoms. The molecule has 2 N–H and O–H groups in total. The third kappa shape index (κ3) is 4.24. The summed E-state index contributed by atoms with van der Waals surface area (Å²) in [7, 11) is 2.64. The van der Waals surface area contributed by atoms with E-state index in [2.05, 4.69) is 0 Å². The van der Waals surface area contributed by atoms with Crippen LogP contribution in [0.15, 0.2) is 23.8 Å². The largest absolute Gasteiger partial charge is 0.503 e. The number of allylic oxidation sites excluding steroid dienone is 2. The van der Waals surface area contributed by atoms with Gasteiger partial charge in [0, 0.05) is 25.9 Å². The van der Waals surface area contributed by atoms with Crippen molar-refractivity contribution < 1.29 is 38.9 Å². The van der Waals surface area contributed by atoms with Gasteiger partial charge in [-0.3, -0.25) is 33.8 Å². The molecule has 3 fully saturated rings. The number of carboxylic acid groups (broad SMARTS) is 1. The highest BCUT2D eigenvalue weighted by Gasteiger charge is 2.75. The third-order valence-electron chi connectivity index (χ3n) is 8.98. The molecule has 1 aromatic rings. The smallest absolute Gasteiger partial charge is 0.303 e. The first-order valence-corrected chi connectivity index (χ1v) is 14.5. The normalized spacial score (nSPS) is 32.6. The van der Waals surface area contributed by atoms with Crippen LogP contribution in [0.3, 0.4) is 0 Å². The molecule has 2 saturated heterocycles. The zero-order chi connectivity index (χ0) is 30.0. The van der Waals surface area contributed by atoms with Crippen molar-refractivity contribution in [1.82, 2.24) is 9.80 Å². The van der Waals surface area contributed by atoms with Gasteiger partial charge in [0.05, 0.1) is 24.0 Å². The molecular weight excluding hydrogens is 599 g/mol. The van der Waals surface area contributed by atoms with Crippen molar-refractivity contribution in [2.45, 2.75) is 54.2 Å². The van der Waals surface area contributed by atoms with Crippen LogP contribution >= 0.6 is 34.8 Å². The fourth-order valence-corrected chi connectivity index (χ4v) is 8.28. The number of amides is 4. The number of carboxylic acids is 1. The number of nitrogens with zero attached hydrogens (tertiary/aromatic N) is 2. The quantitative estimate of drug-likeness (QED) is 0.192. The van der Waals surface area contributed by atoms with Crippen LogP contribution in [0.1, 0.15) is 50.0 Å². The molecule has 1 aromatic carbocycles. The molecule has 13 heteroatoms. The predicted molar refractivity (Wildman–Crippen MR) is 148 cm³/mol. The first kappa shape index (κ1) is 29.7. The van der Waals surface area contributed by atoms with Gasteiger partial charge in [0.15, 0.2) is 21.2 Å². The van der Waals surface area contributed by atoms with E-state index in [9.17, 15) is 29.1 Å². The van der Waals surface area contributed by atoms with Crippen molar-refractivity contribution in [2.75, 3.05) is 20.7 Å². The number of ether oxygens (including phenoxy) is 1. The number of alkyl halides is 2. The molecule has 0 aromatic heterocycles. The molecule has 2 aliphatic heterocycles. The molecule has 41 heavy (non-hydrogen) atoms. The van der Waals surface area contributed by atoms with Crippen LogP contribution in [-0.2, 0) is 24.0 Å². The summed E-state index contributed by atoms with van der Waals surface area (Å²) in [4.78, 5) is 63.3. The van der Waals surface area contributed by atoms with Crippen LogP contribution in [0.5, 0.6) is 11.5 Å². The van der Waals surface area contributed by atoms with E-state index in [4.69, 9.17) is 44.6 Å². The molecule has 6 unspecified atom stereocenters. The molecule has 4 amide bonds. The van der Waals surface area contributed by atoms with Gasteiger partial charge in [-0.1, -0.05) is 29.7 Å². The number of benzene rings is 1. The Morgan fingerprint density at radius 2 is 1.78 bits per heavy atom. The van der Waals surface area contributed by atoms with Gasteiger partial charge in [-0.05, 0) is 49.3 Å². The van der Waals surface area contributed by atoms with Crippen molar-refractivity contribution in [1.29, 1.82) is 0 Å². The van der Waals surface area contributed by atoms with Crippen LogP contribution in [0.4, 0.5) is 0 Å². The van der Waals surface area contributed by atoms with Gasteiger partial charge in [-0.25, -0.2) is 0 Å². The molecular formula is C28H29Cl3N2O8. The van der Waals surface area contributed by atoms with E-state index in [1.54, 1.807) is 0 Å². The van der Waals surface area contributed by atoms with Crippen LogP contribution in [0.25, 0.3) is 0 Å². The van der Waals surface area contributed by atoms with Gasteiger partial charge in [0.25, 0.3) is 11.8 Å². The van der Waals surface area contributed by atoms with Crippen molar-refractivity contribution in [3.8, 4) is 11.5 Å². The molecule has 5 rings (SSSR count). The van der Waals surface area contributed by atoms with Crippen molar-refractivity contribution in [3.05, 3.63) is 34.4 Å². The van der Waals surface area contributed by atoms with E-state index < -0.39 is 51.2 Å². The SMILES string of the molecule is COc1cc(C2C3=CCC4C(=O)N(CCCCCC(=O)O)C(=O)C4C3CC3(Cl)C(=O)N(C)C(=O)C23Cl)cc(Cl)c1O. The Labute approximate surface area is 251 Å². The lowest BCUT2D eigenvalue weighted by Gasteiger charge is -2.50. The summed E-state index contributed by atoms with van der Waals surface area (Å²) in [5.74, 6) is -6.50. The minimum absolute atomic E-state index is 0.00905. The summed E-state index contributed by atoms with van der Waals surface area (Å²) >= 11 is 20.6. The Morgan fingerprint density at radius 3 is 2.44 bits per heavy atom. The van der Waals surface area contributed by atoms with E-state index >= 15 is 0 Å². The monoisotopic (exact) mass is 626 g/mol. The van der Waals surface area contributed by atoms with Gasteiger partial charge in [0.2, 0.25) is 11.8 Å². The fourth-order valence-electron chi connectivity index (χ4n) is 7.04. The minimum Gasteiger partial charge on any atom is -0.503 e. The van der Waals surface area contributed by atoms with Crippen LogP contribution < -0.4 is 4.74 Å². The van der Waals surface area contributed by atoms with Crippen molar-refractivity contribution in [2.24, 2.45) is 17.8 Å². The highest BCUT2D eigenvalue weighted by atomic mass is 35.5. The number of phenols is 1. The number of phenolic OH excluding ortho intramolecular Hbond substituents is 1. The van der Waals surface area contributed by atoms with E-state index in [1.165, 1.54) is 31.2 Å². The number of likely N-dealkylation sites (tertiary alicyclic amines) is 2. The van der Waals surface area contributed by atoms with Gasteiger partial charge >= 0.3 is 5.97 Å². The van der Waals surface area contributed by atoms with Crippen molar-refractivity contribution in [3.63, 3.8) is 0 Å². The molecule has 4 aliphatic rings. The van der Waals surface area contributed by atoms with E-state index in [-0.39, 0.29) is 54.1 Å². The molecule has 10 nitrogen and oxygen atoms in total. The maximum absolute atomic E-state index is 13.8. The Morgan fingerprint density at radius 1 is 1.07 bits per heavy atom. The van der Waals surface area contributed by atoms with Gasteiger partial charge < -0.3 is 14.9 Å². The van der Waals surface area contributed by atoms with Gasteiger partial charge in [-0.15, -0.1) is 23.2 Å². The zero-order valence-corrected chi connectivity index (χ0v) is 24.6. The lowest BCUT2D eigenvalue weighted by molar-refractivity contribution is -0.141. The molecule has 220 valence electrons. The summed E-state index contributed by atoms with van der Waals surface area (Å²) in [5.41, 5.74) is 0.963. The van der Waals surface area contributed by atoms with E-state index in [0.29, 0.717) is 30.4 Å². The average molecular weight is 628 g/mol. The number of halogens is 3. The summed E-state index contributed by atoms with van der Waals surface area (Å²) in [6, 6.07) is 2.91. The number of unbranched alkanes of at least 4 members (excludes halogenated alkanes) is 2. The van der Waals surface area contributed by atoms with Crippen LogP contribution in [0, 0.1) is 17.8 Å². The molecule has 0 bridgehead atoms. The lowest BCUT2D eigenvalue weighted by atomic mass is 9.56. The molecule has 6 atom stereocenters. The lowest BCUT2D eigenvalue weighted by Crippen LogP contribution is -2.60. The predicted octanol–water partition coefficient (Wildman–Crippen LogP) is 3.69. The second-order valence-electron chi connectivity index (χ2n) is 11.1. The number of hydrogen-bond donors (Lipinski definition) is 2. The number of carbonyl (C=O) groups is 5. The molecule has 0 radical (unpaired) electrons. The first-order chi connectivity index (χ1) is 19.3. The molecule has 1 saturated carbocycles. The second kappa shape index (κ2) is 10.5. The van der Waals surface area contributed by atoms with Gasteiger partial charge in [0.1, 0.15) is 0 Å². The number of carbonyl (C=O) groups excluding carboxylic acids is 4. The Balaban J connectivity index is 1.56. The average Bonchev–Trinajstić information content (AvgIpc) is 3.24. The summed E-state index contributed by atoms with van der Waals surface area (Å²) < 4.78 is 5.28. The number of hydrogen-bond acceptors (Lipinski definition) is 7. The topological polar surface area (TPSA) is 142 Å². The highest BCUT2D eigenvalue weighted by Crippen LogP contribution is 2.65. The van der Waals surface area contributed by atoms with Gasteiger partial charge in [-0.2, -0.15) is 0 Å². The molecule has 2 aliphatic carbocycles. The second-order valence-corrected chi connectivity index (χ2v) is 12.7. The summed E-state index contributed by atoms with van der Waals surface area (Å²) in [5, 5.41) is 19.2. The third-order valence-corrected chi connectivity index (χ3v) is 10.7. The van der Waals surface area contributed by atoms with Crippen LogP contribution in [-0.4, -0.2) is 80.1 Å². The zero-order valence-electron chi connectivity index (χ0n) is 22.4. The number of imide groups is 2. The number of aliphatic carboxylic acids is 1. The Kier molecular flexibility index (Phi) is 7.58. The van der Waals surface area contributed by atoms with Crippen LogP contribution in [0.2, 0.25) is 5.02 Å². The number of methoxy groups -OCH3 is 1. The van der Waals surface area contributed by atoms with E-state index in [0.717, 1.165) is 4.90 Å². The number of fused-ring (bicyclic) bond motifs is 4. The summed E-state index contributed by atoms with van der Waals surface area (Å²) in [6.07, 6.45) is 3.34. The Hall–Kier alpha value is -2.82. The maximum Gasteiger partial charge on any atom is 0.303 e. The minimum atomic E-state index is -1.98. The standard InChI is InChI=1S/C28H29Cl3N2O8/c1-32-25(39)27(30)12-16-14(21(28(27,31)26(32)40)13-10-17(29)22(36)18(11-13)41-2)7-8-15-20(16)24(38)33(23(15)37)9-5-3-4-6-19(34)35/h7,10-11,15-16,20-21,36H,3-6,8-9,12H2,1-2H3,(H,34,35).